The predicted molar refractivity (Wildman–Crippen MR) is 121 cm³/mol. The summed E-state index contributed by atoms with van der Waals surface area (Å²) in [4.78, 5) is 25.3. The van der Waals surface area contributed by atoms with Crippen molar-refractivity contribution in [2.24, 2.45) is 0 Å². The van der Waals surface area contributed by atoms with Crippen molar-refractivity contribution < 1.29 is 57.0 Å². The molecule has 1 fully saturated rings. The summed E-state index contributed by atoms with van der Waals surface area (Å²) in [5.41, 5.74) is 0.722. The van der Waals surface area contributed by atoms with E-state index in [1.165, 1.54) is 19.2 Å². The molecule has 0 bridgehead atoms. The van der Waals surface area contributed by atoms with Crippen molar-refractivity contribution >= 4 is 35.5 Å². The van der Waals surface area contributed by atoms with Crippen molar-refractivity contribution in [3.05, 3.63) is 57.8 Å². The number of ether oxygens (including phenoxy) is 4. The van der Waals surface area contributed by atoms with Crippen LogP contribution in [0.4, 0.5) is 13.2 Å². The third-order valence-electron chi connectivity index (χ3n) is 4.74. The first-order valence-corrected chi connectivity index (χ1v) is 11.1. The molecule has 3 rings (SSSR count). The molecule has 10 nitrogen and oxygen atoms in total. The van der Waals surface area contributed by atoms with Crippen LogP contribution in [0.1, 0.15) is 16.1 Å². The van der Waals surface area contributed by atoms with Crippen LogP contribution in [0.3, 0.4) is 0 Å². The van der Waals surface area contributed by atoms with Gasteiger partial charge in [0.25, 0.3) is 0 Å². The molecule has 1 saturated heterocycles. The number of carbonyl (C=O) groups is 2. The van der Waals surface area contributed by atoms with Crippen molar-refractivity contribution in [1.82, 2.24) is 4.98 Å². The quantitative estimate of drug-likeness (QED) is 0.334. The van der Waals surface area contributed by atoms with Crippen LogP contribution in [0.15, 0.2) is 36.5 Å². The molecule has 1 aromatic heterocycles. The van der Waals surface area contributed by atoms with Crippen molar-refractivity contribution in [2.75, 3.05) is 13.7 Å². The molecule has 37 heavy (non-hydrogen) atoms. The van der Waals surface area contributed by atoms with Gasteiger partial charge in [-0.2, -0.15) is 13.2 Å². The van der Waals surface area contributed by atoms with Gasteiger partial charge in [0.05, 0.1) is 21.3 Å². The number of halogens is 5. The van der Waals surface area contributed by atoms with Gasteiger partial charge in [-0.05, 0) is 24.3 Å². The highest BCUT2D eigenvalue weighted by Crippen LogP contribution is 2.35. The minimum Gasteiger partial charge on any atom is -0.484 e. The first kappa shape index (κ1) is 30.7. The van der Waals surface area contributed by atoms with E-state index in [0.29, 0.717) is 5.69 Å². The number of aromatic nitrogens is 1. The van der Waals surface area contributed by atoms with Gasteiger partial charge in [0.1, 0.15) is 37.6 Å². The van der Waals surface area contributed by atoms with Crippen molar-refractivity contribution in [3.63, 3.8) is 0 Å². The largest absolute Gasteiger partial charge is 0.484 e. The van der Waals surface area contributed by atoms with Crippen LogP contribution in [-0.4, -0.2) is 83.2 Å². The SMILES string of the molecule is CO[C@@H]1O[C@H](COC(=O)c2cc(Cl)c(OCc3ccccn3)c(Cl)c2)[C@@H](O)[C@H](O)[C@H]1O.O=CC(F)(F)F. The van der Waals surface area contributed by atoms with Crippen LogP contribution in [0.2, 0.25) is 10.0 Å². The van der Waals surface area contributed by atoms with Crippen LogP contribution < -0.4 is 4.74 Å². The van der Waals surface area contributed by atoms with Gasteiger partial charge in [-0.15, -0.1) is 0 Å². The Hall–Kier alpha value is -2.52. The number of alkyl halides is 3. The van der Waals surface area contributed by atoms with Gasteiger partial charge in [-0.25, -0.2) is 4.79 Å². The zero-order valence-electron chi connectivity index (χ0n) is 19.0. The minimum atomic E-state index is -4.64. The molecule has 0 amide bonds. The van der Waals surface area contributed by atoms with E-state index in [0.717, 1.165) is 0 Å². The van der Waals surface area contributed by atoms with Crippen LogP contribution in [0.25, 0.3) is 0 Å². The molecule has 0 aliphatic carbocycles. The molecule has 2 heterocycles. The van der Waals surface area contributed by atoms with E-state index in [-0.39, 0.29) is 28.0 Å². The molecule has 5 atom stereocenters. The lowest BCUT2D eigenvalue weighted by Gasteiger charge is -2.39. The fourth-order valence-corrected chi connectivity index (χ4v) is 3.53. The molecule has 1 aliphatic rings. The van der Waals surface area contributed by atoms with Gasteiger partial charge < -0.3 is 34.3 Å². The second-order valence-electron chi connectivity index (χ2n) is 7.39. The lowest BCUT2D eigenvalue weighted by atomic mass is 9.99. The van der Waals surface area contributed by atoms with E-state index < -0.39 is 55.7 Å². The van der Waals surface area contributed by atoms with Crippen molar-refractivity contribution in [1.29, 1.82) is 0 Å². The van der Waals surface area contributed by atoms with Crippen LogP contribution in [0.5, 0.6) is 5.75 Å². The predicted octanol–water partition coefficient (Wildman–Crippen LogP) is 2.33. The van der Waals surface area contributed by atoms with E-state index in [4.69, 9.17) is 46.9 Å². The second kappa shape index (κ2) is 13.9. The fraction of sp³-hybridized carbons (Fsp3) is 0.409. The Labute approximate surface area is 218 Å². The van der Waals surface area contributed by atoms with Crippen LogP contribution >= 0.6 is 23.2 Å². The average molecular weight is 572 g/mol. The monoisotopic (exact) mass is 571 g/mol. The summed E-state index contributed by atoms with van der Waals surface area (Å²) in [6.45, 7) is -0.271. The summed E-state index contributed by atoms with van der Waals surface area (Å²) < 4.78 is 52.2. The molecule has 0 unspecified atom stereocenters. The second-order valence-corrected chi connectivity index (χ2v) is 8.20. The fourth-order valence-electron chi connectivity index (χ4n) is 2.94. The molecule has 0 spiro atoms. The number of nitrogens with zero attached hydrogens (tertiary/aromatic N) is 1. The lowest BCUT2D eigenvalue weighted by Crippen LogP contribution is -2.59. The van der Waals surface area contributed by atoms with Gasteiger partial charge in [0.2, 0.25) is 6.29 Å². The van der Waals surface area contributed by atoms with Crippen molar-refractivity contribution in [3.8, 4) is 5.75 Å². The van der Waals surface area contributed by atoms with Gasteiger partial charge >= 0.3 is 12.1 Å². The highest BCUT2D eigenvalue weighted by atomic mass is 35.5. The maximum Gasteiger partial charge on any atom is 0.446 e. The van der Waals surface area contributed by atoms with Crippen LogP contribution in [0, 0.1) is 0 Å². The molecule has 1 aliphatic heterocycles. The summed E-state index contributed by atoms with van der Waals surface area (Å²) >= 11 is 12.4. The number of rotatable bonds is 7. The van der Waals surface area contributed by atoms with Gasteiger partial charge in [0.15, 0.2) is 12.0 Å². The number of aliphatic hydroxyl groups excluding tert-OH is 3. The first-order chi connectivity index (χ1) is 17.4. The molecule has 1 aromatic carbocycles. The third kappa shape index (κ3) is 9.07. The number of methoxy groups -OCH3 is 1. The first-order valence-electron chi connectivity index (χ1n) is 10.3. The summed E-state index contributed by atoms with van der Waals surface area (Å²) in [5, 5.41) is 29.9. The molecule has 3 N–H and O–H groups in total. The third-order valence-corrected chi connectivity index (χ3v) is 5.30. The highest BCUT2D eigenvalue weighted by Gasteiger charge is 2.44. The molecular weight excluding hydrogens is 550 g/mol. The van der Waals surface area contributed by atoms with E-state index in [9.17, 15) is 33.3 Å². The zero-order valence-corrected chi connectivity index (χ0v) is 20.5. The number of benzene rings is 1. The summed E-state index contributed by atoms with van der Waals surface area (Å²) in [6.07, 6.45) is -10.8. The Kier molecular flexibility index (Phi) is 11.5. The number of carbonyl (C=O) groups excluding carboxylic acids is 2. The maximum absolute atomic E-state index is 12.4. The number of pyridine rings is 1. The van der Waals surface area contributed by atoms with Gasteiger partial charge in [0, 0.05) is 13.3 Å². The number of esters is 1. The minimum absolute atomic E-state index is 0.0503. The smallest absolute Gasteiger partial charge is 0.446 e. The number of aldehydes is 1. The van der Waals surface area contributed by atoms with E-state index in [1.807, 2.05) is 6.07 Å². The molecule has 0 saturated carbocycles. The Morgan fingerprint density at radius 1 is 1.14 bits per heavy atom. The molecule has 204 valence electrons. The van der Waals surface area contributed by atoms with E-state index in [2.05, 4.69) is 4.98 Å². The molecular formula is C22H22Cl2F3NO9. The Morgan fingerprint density at radius 2 is 1.76 bits per heavy atom. The summed E-state index contributed by atoms with van der Waals surface area (Å²) in [7, 11) is 1.27. The lowest BCUT2D eigenvalue weighted by molar-refractivity contribution is -0.294. The Morgan fingerprint density at radius 3 is 2.27 bits per heavy atom. The number of hydrogen-bond donors (Lipinski definition) is 3. The Balaban J connectivity index is 0.000000717. The molecule has 0 radical (unpaired) electrons. The van der Waals surface area contributed by atoms with E-state index in [1.54, 1.807) is 18.3 Å². The van der Waals surface area contributed by atoms with Crippen LogP contribution in [-0.2, 0) is 25.6 Å². The average Bonchev–Trinajstić information content (AvgIpc) is 2.86. The van der Waals surface area contributed by atoms with E-state index >= 15 is 0 Å². The zero-order chi connectivity index (χ0) is 27.8. The molecule has 2 aromatic rings. The normalized spacial score (nSPS) is 23.4. The standard InChI is InChI=1S/C20H21Cl2NO8.C2HF3O/c1-28-20-17(26)16(25)15(24)14(31-20)9-30-19(27)10-6-12(21)18(13(22)7-10)29-8-11-4-2-3-5-23-11;3-2(4,5)1-6/h2-7,14-17,20,24-26H,8-9H2,1H3;1H/t14-,15-,16+,17-,20-;/m1./s1. The molecule has 15 heteroatoms. The summed E-state index contributed by atoms with van der Waals surface area (Å²) in [6, 6.07) is 8.03. The van der Waals surface area contributed by atoms with Gasteiger partial charge in [-0.3, -0.25) is 9.78 Å². The van der Waals surface area contributed by atoms with Crippen molar-refractivity contribution in [2.45, 2.75) is 43.5 Å². The Bertz CT molecular complexity index is 1020. The topological polar surface area (TPSA) is 145 Å². The number of aliphatic hydroxyl groups is 3. The maximum atomic E-state index is 12.4. The number of hydrogen-bond acceptors (Lipinski definition) is 10. The highest BCUT2D eigenvalue weighted by molar-refractivity contribution is 6.37. The summed E-state index contributed by atoms with van der Waals surface area (Å²) in [5.74, 6) is -0.595. The van der Waals surface area contributed by atoms with Gasteiger partial charge in [-0.1, -0.05) is 29.3 Å².